The highest BCUT2D eigenvalue weighted by molar-refractivity contribution is 5.98. The van der Waals surface area contributed by atoms with Gasteiger partial charge in [-0.1, -0.05) is 61.1 Å². The molecule has 79 heavy (non-hydrogen) atoms. The highest BCUT2D eigenvalue weighted by Crippen LogP contribution is 2.58. The number of amides is 1. The Morgan fingerprint density at radius 1 is 0.570 bits per heavy atom. The normalized spacial score (nSPS) is 16.0. The number of ether oxygens (including phenoxy) is 8. The molecule has 6 aromatic rings. The van der Waals surface area contributed by atoms with Gasteiger partial charge in [0.2, 0.25) is 5.91 Å². The number of terminal acetylenes is 2. The van der Waals surface area contributed by atoms with Gasteiger partial charge in [-0.2, -0.15) is 0 Å². The summed E-state index contributed by atoms with van der Waals surface area (Å²) in [5, 5.41) is 18.3. The standard InChI is InChI=1S/C31H30N2O6.C28H27NO7.C3H5N/c1-3-16-33-29(34)11-5-4-8-17-32-21-12-14-25-27(18-21)38-28-19-22(37-20-36-2)13-15-26(28)31(25)24-10-7-6-9-23(24)30(35)39-31;1-33-17-34-19-11-13-23-25(16-19)35-24-15-18(29-14-6-2-3-9-26(30)31)10-12-22(24)28(23)21-8-5-4-7-20(21)27(32)36-28;1-2-3-4/h1,6-7,9-10,12-15,18-19,32H,4-5,8,11,16-17,20H2,2H3,(H,33,34);4-5,7-8,10-13,15-16,29H,2-3,6,9,14,17H2,1H3,(H,30,31);1H,3-4H2. The van der Waals surface area contributed by atoms with Gasteiger partial charge in [0.25, 0.3) is 0 Å². The van der Waals surface area contributed by atoms with Crippen molar-refractivity contribution in [2.24, 2.45) is 5.73 Å². The van der Waals surface area contributed by atoms with Crippen LogP contribution in [0.3, 0.4) is 0 Å². The predicted octanol–water partition coefficient (Wildman–Crippen LogP) is 9.83. The highest BCUT2D eigenvalue weighted by atomic mass is 16.7. The largest absolute Gasteiger partial charge is 0.481 e. The molecular weight excluding hydrogens is 1010 g/mol. The van der Waals surface area contributed by atoms with E-state index < -0.39 is 17.2 Å². The first-order valence-electron chi connectivity index (χ1n) is 25.9. The molecule has 0 aromatic heterocycles. The van der Waals surface area contributed by atoms with Crippen LogP contribution in [0.2, 0.25) is 0 Å². The third-order valence-electron chi connectivity index (χ3n) is 13.4. The van der Waals surface area contributed by atoms with E-state index in [9.17, 15) is 19.2 Å². The molecule has 0 bridgehead atoms. The fraction of sp³-hybridized carbons (Fsp3) is 0.290. The molecule has 0 aliphatic carbocycles. The van der Waals surface area contributed by atoms with Crippen LogP contribution < -0.4 is 40.6 Å². The fourth-order valence-electron chi connectivity index (χ4n) is 9.83. The first-order chi connectivity index (χ1) is 38.5. The lowest BCUT2D eigenvalue weighted by Gasteiger charge is -2.36. The lowest BCUT2D eigenvalue weighted by Crippen LogP contribution is -2.33. The van der Waals surface area contributed by atoms with Crippen LogP contribution in [0, 0.1) is 24.7 Å². The molecule has 0 fully saturated rings. The quantitative estimate of drug-likeness (QED) is 0.0196. The number of carbonyl (C=O) groups excluding carboxylic acids is 3. The SMILES string of the molecule is C#CCN.C#CCNC(=O)CCCCCNc1ccc2c(c1)Oc1cc(OCOC)ccc1C21OC(=O)c2ccccc21.COCOc1ccc2c(c1)Oc1cc(NCCCCCC(=O)O)ccc1C21OC(=O)c2ccccc21. The Labute approximate surface area is 459 Å². The number of carboxylic acids is 1. The summed E-state index contributed by atoms with van der Waals surface area (Å²) in [6.45, 7) is 2.24. The van der Waals surface area contributed by atoms with Crippen LogP contribution in [0.1, 0.15) is 105 Å². The van der Waals surface area contributed by atoms with Gasteiger partial charge >= 0.3 is 17.9 Å². The molecule has 17 nitrogen and oxygen atoms in total. The van der Waals surface area contributed by atoms with Crippen LogP contribution in [0.15, 0.2) is 121 Å². The summed E-state index contributed by atoms with van der Waals surface area (Å²) in [5.41, 5.74) is 9.81. The summed E-state index contributed by atoms with van der Waals surface area (Å²) >= 11 is 0. The number of anilines is 2. The number of hydrogen-bond acceptors (Lipinski definition) is 15. The second-order valence-corrected chi connectivity index (χ2v) is 18.5. The summed E-state index contributed by atoms with van der Waals surface area (Å²) < 4.78 is 46.4. The number of nitrogens with one attached hydrogen (secondary N) is 3. The maximum Gasteiger partial charge on any atom is 0.340 e. The number of benzene rings is 6. The van der Waals surface area contributed by atoms with Crippen molar-refractivity contribution in [2.45, 2.75) is 62.6 Å². The second kappa shape index (κ2) is 26.4. The molecule has 0 saturated heterocycles. The first kappa shape index (κ1) is 56.2. The second-order valence-electron chi connectivity index (χ2n) is 18.5. The molecule has 0 saturated carbocycles. The molecule has 4 heterocycles. The summed E-state index contributed by atoms with van der Waals surface area (Å²) in [4.78, 5) is 48.3. The van der Waals surface area contributed by atoms with Crippen LogP contribution in [0.25, 0.3) is 0 Å². The van der Waals surface area contributed by atoms with E-state index in [0.717, 1.165) is 83.4 Å². The van der Waals surface area contributed by atoms with Crippen molar-refractivity contribution in [3.8, 4) is 59.2 Å². The van der Waals surface area contributed by atoms with Crippen molar-refractivity contribution >= 4 is 35.2 Å². The summed E-state index contributed by atoms with van der Waals surface area (Å²) in [7, 11) is 3.11. The van der Waals surface area contributed by atoms with Gasteiger partial charge in [0, 0.05) is 109 Å². The third kappa shape index (κ3) is 12.4. The predicted molar refractivity (Wildman–Crippen MR) is 296 cm³/mol. The fourth-order valence-corrected chi connectivity index (χ4v) is 9.83. The number of aliphatic carboxylic acids is 1. The van der Waals surface area contributed by atoms with E-state index in [0.29, 0.717) is 71.6 Å². The van der Waals surface area contributed by atoms with E-state index in [1.165, 1.54) is 0 Å². The van der Waals surface area contributed by atoms with Crippen LogP contribution in [-0.2, 0) is 39.7 Å². The molecule has 2 atom stereocenters. The Morgan fingerprint density at radius 3 is 1.43 bits per heavy atom. The zero-order valence-electron chi connectivity index (χ0n) is 44.0. The molecule has 4 aliphatic heterocycles. The zero-order valence-corrected chi connectivity index (χ0v) is 44.0. The van der Waals surface area contributed by atoms with E-state index in [4.69, 9.17) is 55.2 Å². The van der Waals surface area contributed by atoms with Gasteiger partial charge < -0.3 is 64.7 Å². The van der Waals surface area contributed by atoms with Crippen molar-refractivity contribution in [2.75, 3.05) is 64.6 Å². The van der Waals surface area contributed by atoms with Crippen molar-refractivity contribution in [3.63, 3.8) is 0 Å². The van der Waals surface area contributed by atoms with E-state index in [2.05, 4.69) is 34.2 Å². The topological polar surface area (TPSA) is 224 Å². The molecule has 0 radical (unpaired) electrons. The van der Waals surface area contributed by atoms with E-state index in [1.54, 1.807) is 38.5 Å². The Morgan fingerprint density at radius 2 is 1.00 bits per heavy atom. The Kier molecular flexibility index (Phi) is 18.8. The molecule has 2 spiro atoms. The smallest absolute Gasteiger partial charge is 0.340 e. The van der Waals surface area contributed by atoms with Crippen LogP contribution in [0.4, 0.5) is 11.4 Å². The number of hydrogen-bond donors (Lipinski definition) is 5. The molecule has 1 amide bonds. The van der Waals surface area contributed by atoms with Crippen LogP contribution in [0.5, 0.6) is 34.5 Å². The molecule has 2 unspecified atom stereocenters. The molecule has 17 heteroatoms. The minimum absolute atomic E-state index is 0.0214. The first-order valence-corrected chi connectivity index (χ1v) is 25.9. The van der Waals surface area contributed by atoms with Gasteiger partial charge in [-0.15, -0.1) is 12.8 Å². The summed E-state index contributed by atoms with van der Waals surface area (Å²) in [6, 6.07) is 37.4. The van der Waals surface area contributed by atoms with Crippen LogP contribution in [-0.4, -0.2) is 82.9 Å². The van der Waals surface area contributed by atoms with Crippen molar-refractivity contribution in [3.05, 3.63) is 166 Å². The van der Waals surface area contributed by atoms with E-state index in [-0.39, 0.29) is 44.4 Å². The maximum absolute atomic E-state index is 13.0. The molecule has 4 aliphatic rings. The highest BCUT2D eigenvalue weighted by Gasteiger charge is 2.55. The lowest BCUT2D eigenvalue weighted by atomic mass is 9.77. The molecular formula is C62H62N4O13. The molecule has 6 N–H and O–H groups in total. The Hall–Kier alpha value is -9.00. The number of esters is 2. The van der Waals surface area contributed by atoms with Crippen molar-refractivity contribution < 1.29 is 62.2 Å². The van der Waals surface area contributed by atoms with Crippen molar-refractivity contribution in [1.82, 2.24) is 5.32 Å². The van der Waals surface area contributed by atoms with Crippen LogP contribution >= 0.6 is 0 Å². The number of nitrogens with two attached hydrogens (primary N) is 1. The van der Waals surface area contributed by atoms with Crippen molar-refractivity contribution in [1.29, 1.82) is 0 Å². The number of carboxylic acid groups (broad SMARTS) is 1. The molecule has 408 valence electrons. The van der Waals surface area contributed by atoms with Gasteiger partial charge in [0.1, 0.15) is 34.5 Å². The van der Waals surface area contributed by atoms with Gasteiger partial charge in [0.15, 0.2) is 24.8 Å². The van der Waals surface area contributed by atoms with Gasteiger partial charge in [0.05, 0.1) is 24.2 Å². The third-order valence-corrected chi connectivity index (χ3v) is 13.4. The maximum atomic E-state index is 13.0. The Balaban J connectivity index is 0.000000195. The minimum Gasteiger partial charge on any atom is -0.481 e. The van der Waals surface area contributed by atoms with Gasteiger partial charge in [-0.25, -0.2) is 9.59 Å². The molecule has 10 rings (SSSR count). The van der Waals surface area contributed by atoms with E-state index >= 15 is 0 Å². The Bertz CT molecular complexity index is 3270. The number of carbonyl (C=O) groups is 4. The zero-order chi connectivity index (χ0) is 55.8. The van der Waals surface area contributed by atoms with E-state index in [1.807, 2.05) is 97.1 Å². The minimum atomic E-state index is -1.13. The summed E-state index contributed by atoms with van der Waals surface area (Å²) in [5.74, 6) is 6.45. The van der Waals surface area contributed by atoms with Gasteiger partial charge in [-0.3, -0.25) is 9.59 Å². The number of methoxy groups -OCH3 is 2. The monoisotopic (exact) mass is 1070 g/mol. The average Bonchev–Trinajstić information content (AvgIpc) is 3.09. The average molecular weight is 1070 g/mol. The number of rotatable bonds is 21. The number of fused-ring (bicyclic) bond motifs is 12. The van der Waals surface area contributed by atoms with Gasteiger partial charge in [-0.05, 0) is 86.3 Å². The lowest BCUT2D eigenvalue weighted by molar-refractivity contribution is -0.137. The number of unbranched alkanes of at least 4 members (excludes halogenated alkanes) is 4. The molecule has 6 aromatic carbocycles. The summed E-state index contributed by atoms with van der Waals surface area (Å²) in [6.07, 6.45) is 15.4.